The standard InChI is InChI=1S/C13H20N2O6.CH2S/c14-8-1-3-9(4-2-8)20-13-12(17)11(16)7-10(21-13)5-6-15(18)19;1-2/h1-4,10-13,16-19H,5-7,14H2;1H2. The van der Waals surface area contributed by atoms with Gasteiger partial charge in [0.05, 0.1) is 18.8 Å². The SMILES string of the molecule is C=S.Nc1ccc(OC2OC(CCN(O)O)CC(O)C2O)cc1. The van der Waals surface area contributed by atoms with Crippen LogP contribution in [0.4, 0.5) is 5.69 Å². The zero-order chi connectivity index (χ0) is 17.4. The Morgan fingerprint density at radius 1 is 1.26 bits per heavy atom. The van der Waals surface area contributed by atoms with Crippen LogP contribution in [0.3, 0.4) is 0 Å². The number of rotatable bonds is 5. The quantitative estimate of drug-likeness (QED) is 0.295. The largest absolute Gasteiger partial charge is 0.462 e. The maximum absolute atomic E-state index is 9.91. The number of hydroxylamine groups is 2. The van der Waals surface area contributed by atoms with Crippen molar-refractivity contribution >= 4 is 23.8 Å². The summed E-state index contributed by atoms with van der Waals surface area (Å²) in [5.74, 6) is 3.28. The molecule has 1 saturated heterocycles. The van der Waals surface area contributed by atoms with Crippen molar-refractivity contribution in [1.82, 2.24) is 5.23 Å². The highest BCUT2D eigenvalue weighted by atomic mass is 32.1. The zero-order valence-corrected chi connectivity index (χ0v) is 13.3. The minimum Gasteiger partial charge on any atom is -0.462 e. The highest BCUT2D eigenvalue weighted by molar-refractivity contribution is 7.77. The lowest BCUT2D eigenvalue weighted by Crippen LogP contribution is -2.51. The summed E-state index contributed by atoms with van der Waals surface area (Å²) < 4.78 is 11.0. The van der Waals surface area contributed by atoms with Gasteiger partial charge in [0.2, 0.25) is 6.29 Å². The summed E-state index contributed by atoms with van der Waals surface area (Å²) in [6.45, 7) is -0.0396. The molecule has 1 fully saturated rings. The molecule has 2 rings (SSSR count). The molecular formula is C14H22N2O6S. The van der Waals surface area contributed by atoms with Crippen molar-refractivity contribution in [2.24, 2.45) is 0 Å². The van der Waals surface area contributed by atoms with E-state index in [0.29, 0.717) is 11.4 Å². The third-order valence-corrected chi connectivity index (χ3v) is 3.29. The Morgan fingerprint density at radius 2 is 1.87 bits per heavy atom. The van der Waals surface area contributed by atoms with E-state index in [1.54, 1.807) is 24.3 Å². The van der Waals surface area contributed by atoms with E-state index in [1.807, 2.05) is 0 Å². The van der Waals surface area contributed by atoms with Crippen molar-refractivity contribution in [2.75, 3.05) is 12.3 Å². The fourth-order valence-electron chi connectivity index (χ4n) is 2.14. The van der Waals surface area contributed by atoms with Crippen LogP contribution in [-0.2, 0) is 4.74 Å². The fourth-order valence-corrected chi connectivity index (χ4v) is 2.14. The van der Waals surface area contributed by atoms with Gasteiger partial charge in [-0.15, -0.1) is 0 Å². The van der Waals surface area contributed by atoms with Crippen LogP contribution in [0.2, 0.25) is 0 Å². The molecule has 0 bridgehead atoms. The number of anilines is 1. The molecule has 4 atom stereocenters. The van der Waals surface area contributed by atoms with Gasteiger partial charge in [-0.1, -0.05) is 17.4 Å². The molecule has 130 valence electrons. The summed E-state index contributed by atoms with van der Waals surface area (Å²) in [6.07, 6.45) is -3.21. The molecule has 0 saturated carbocycles. The Bertz CT molecular complexity index is 461. The first kappa shape index (κ1) is 19.7. The molecule has 0 amide bonds. The van der Waals surface area contributed by atoms with E-state index in [2.05, 4.69) is 18.1 Å². The predicted octanol–water partition coefficient (Wildman–Crippen LogP) is 0.571. The number of hydrogen-bond acceptors (Lipinski definition) is 9. The molecule has 9 heteroatoms. The van der Waals surface area contributed by atoms with Gasteiger partial charge < -0.3 is 25.4 Å². The third-order valence-electron chi connectivity index (χ3n) is 3.29. The molecule has 0 aromatic heterocycles. The van der Waals surface area contributed by atoms with Gasteiger partial charge in [-0.05, 0) is 36.6 Å². The Hall–Kier alpha value is -1.33. The fraction of sp³-hybridized carbons (Fsp3) is 0.500. The number of nitrogens with zero attached hydrogens (tertiary/aromatic N) is 1. The molecule has 1 aromatic rings. The molecule has 0 spiro atoms. The maximum Gasteiger partial charge on any atom is 0.228 e. The molecule has 1 aromatic carbocycles. The van der Waals surface area contributed by atoms with Gasteiger partial charge in [0.25, 0.3) is 0 Å². The lowest BCUT2D eigenvalue weighted by atomic mass is 10.0. The van der Waals surface area contributed by atoms with Gasteiger partial charge in [0, 0.05) is 12.1 Å². The van der Waals surface area contributed by atoms with E-state index in [1.165, 1.54) is 0 Å². The second-order valence-corrected chi connectivity index (χ2v) is 4.99. The maximum atomic E-state index is 9.91. The first-order valence-electron chi connectivity index (χ1n) is 6.93. The molecule has 1 aliphatic heterocycles. The van der Waals surface area contributed by atoms with Crippen LogP contribution in [-0.4, -0.2) is 62.9 Å². The van der Waals surface area contributed by atoms with Crippen LogP contribution >= 0.6 is 12.2 Å². The first-order chi connectivity index (χ1) is 11.0. The molecule has 1 heterocycles. The molecule has 6 N–H and O–H groups in total. The molecule has 4 unspecified atom stereocenters. The average Bonchev–Trinajstić information content (AvgIpc) is 2.54. The van der Waals surface area contributed by atoms with Crippen LogP contribution in [0.1, 0.15) is 12.8 Å². The monoisotopic (exact) mass is 346 g/mol. The summed E-state index contributed by atoms with van der Waals surface area (Å²) >= 11 is 3.83. The second kappa shape index (κ2) is 9.73. The summed E-state index contributed by atoms with van der Waals surface area (Å²) in [5.41, 5.74) is 6.15. The Labute approximate surface area is 139 Å². The lowest BCUT2D eigenvalue weighted by Gasteiger charge is -2.37. The smallest absolute Gasteiger partial charge is 0.228 e. The topological polar surface area (TPSA) is 129 Å². The van der Waals surface area contributed by atoms with Gasteiger partial charge in [0.15, 0.2) is 0 Å². The van der Waals surface area contributed by atoms with E-state index >= 15 is 0 Å². The number of benzene rings is 1. The van der Waals surface area contributed by atoms with Crippen LogP contribution in [0.25, 0.3) is 0 Å². The lowest BCUT2D eigenvalue weighted by molar-refractivity contribution is -0.312. The number of aliphatic hydroxyl groups is 2. The Kier molecular flexibility index (Phi) is 8.34. The van der Waals surface area contributed by atoms with E-state index in [-0.39, 0.29) is 24.6 Å². The van der Waals surface area contributed by atoms with Crippen molar-refractivity contribution in [2.45, 2.75) is 37.4 Å². The zero-order valence-electron chi connectivity index (χ0n) is 12.5. The van der Waals surface area contributed by atoms with Crippen LogP contribution in [0, 0.1) is 0 Å². The molecule has 0 radical (unpaired) electrons. The average molecular weight is 346 g/mol. The van der Waals surface area contributed by atoms with Gasteiger partial charge >= 0.3 is 0 Å². The summed E-state index contributed by atoms with van der Waals surface area (Å²) in [4.78, 5) is 0. The van der Waals surface area contributed by atoms with Gasteiger partial charge in [-0.3, -0.25) is 10.4 Å². The molecule has 8 nitrogen and oxygen atoms in total. The van der Waals surface area contributed by atoms with E-state index in [4.69, 9.17) is 25.6 Å². The Morgan fingerprint density at radius 3 is 2.43 bits per heavy atom. The van der Waals surface area contributed by atoms with Crippen LogP contribution < -0.4 is 10.5 Å². The predicted molar refractivity (Wildman–Crippen MR) is 86.4 cm³/mol. The first-order valence-corrected chi connectivity index (χ1v) is 7.51. The van der Waals surface area contributed by atoms with Gasteiger partial charge in [-0.25, -0.2) is 0 Å². The van der Waals surface area contributed by atoms with Crippen molar-refractivity contribution in [3.8, 4) is 5.75 Å². The summed E-state index contributed by atoms with van der Waals surface area (Å²) in [5, 5.41) is 37.2. The Balaban J connectivity index is 0.00000127. The second-order valence-electron chi connectivity index (χ2n) is 4.99. The van der Waals surface area contributed by atoms with Crippen LogP contribution in [0.5, 0.6) is 5.75 Å². The number of aliphatic hydroxyl groups excluding tert-OH is 2. The number of thiocarbonyl (C=S) groups is 1. The van der Waals surface area contributed by atoms with Gasteiger partial charge in [0.1, 0.15) is 11.9 Å². The minimum absolute atomic E-state index is 0.0396. The number of hydrogen-bond donors (Lipinski definition) is 5. The van der Waals surface area contributed by atoms with E-state index in [9.17, 15) is 10.2 Å². The molecule has 23 heavy (non-hydrogen) atoms. The van der Waals surface area contributed by atoms with Crippen molar-refractivity contribution < 1.29 is 30.1 Å². The highest BCUT2D eigenvalue weighted by Crippen LogP contribution is 2.25. The van der Waals surface area contributed by atoms with E-state index in [0.717, 1.165) is 0 Å². The molecule has 1 aliphatic rings. The third kappa shape index (κ3) is 6.36. The highest BCUT2D eigenvalue weighted by Gasteiger charge is 2.38. The number of nitrogen functional groups attached to an aromatic ring is 1. The van der Waals surface area contributed by atoms with Crippen LogP contribution in [0.15, 0.2) is 24.3 Å². The van der Waals surface area contributed by atoms with Crippen molar-refractivity contribution in [3.05, 3.63) is 24.3 Å². The number of ether oxygens (including phenoxy) is 2. The summed E-state index contributed by atoms with van der Waals surface area (Å²) in [6, 6.07) is 6.55. The molecule has 0 aliphatic carbocycles. The summed E-state index contributed by atoms with van der Waals surface area (Å²) in [7, 11) is 0. The van der Waals surface area contributed by atoms with Crippen molar-refractivity contribution in [3.63, 3.8) is 0 Å². The molecular weight excluding hydrogens is 324 g/mol. The van der Waals surface area contributed by atoms with E-state index < -0.39 is 24.6 Å². The minimum atomic E-state index is -1.18. The number of nitrogens with two attached hydrogens (primary N) is 1. The van der Waals surface area contributed by atoms with Crippen molar-refractivity contribution in [1.29, 1.82) is 0 Å². The van der Waals surface area contributed by atoms with Gasteiger partial charge in [-0.2, -0.15) is 0 Å². The normalized spacial score (nSPS) is 27.2.